The number of likely N-dealkylation sites (N-methyl/N-ethyl adjacent to an activating group) is 1. The van der Waals surface area contributed by atoms with Gasteiger partial charge < -0.3 is 14.4 Å². The summed E-state index contributed by atoms with van der Waals surface area (Å²) in [6.45, 7) is 11.2. The number of amides is 1. The number of aliphatic imine (C=N–C) groups is 1. The molecule has 190 valence electrons. The monoisotopic (exact) mass is 569 g/mol. The van der Waals surface area contributed by atoms with Crippen molar-refractivity contribution in [3.8, 4) is 11.5 Å². The van der Waals surface area contributed by atoms with Crippen LogP contribution >= 0.6 is 27.7 Å². The van der Waals surface area contributed by atoms with Crippen LogP contribution in [0.5, 0.6) is 11.5 Å². The van der Waals surface area contributed by atoms with E-state index in [9.17, 15) is 4.79 Å². The Labute approximate surface area is 226 Å². The van der Waals surface area contributed by atoms with Crippen molar-refractivity contribution in [1.29, 1.82) is 0 Å². The van der Waals surface area contributed by atoms with Gasteiger partial charge >= 0.3 is 0 Å². The zero-order valence-corrected chi connectivity index (χ0v) is 23.2. The van der Waals surface area contributed by atoms with Gasteiger partial charge in [-0.05, 0) is 109 Å². The predicted octanol–water partition coefficient (Wildman–Crippen LogP) is 7.03. The maximum atomic E-state index is 13.2. The molecule has 2 heterocycles. The van der Waals surface area contributed by atoms with E-state index in [1.165, 1.54) is 36.7 Å². The Bertz CT molecular complexity index is 1160. The van der Waals surface area contributed by atoms with Gasteiger partial charge in [0.2, 0.25) is 0 Å². The molecule has 0 saturated carbocycles. The topological polar surface area (TPSA) is 54.4 Å². The van der Waals surface area contributed by atoms with E-state index >= 15 is 0 Å². The highest BCUT2D eigenvalue weighted by Gasteiger charge is 2.32. The van der Waals surface area contributed by atoms with E-state index in [1.54, 1.807) is 11.0 Å². The smallest absolute Gasteiger partial charge is 0.266 e. The Morgan fingerprint density at radius 2 is 1.86 bits per heavy atom. The van der Waals surface area contributed by atoms with E-state index < -0.39 is 0 Å². The lowest BCUT2D eigenvalue weighted by molar-refractivity contribution is -0.122. The van der Waals surface area contributed by atoms with E-state index in [4.69, 9.17) is 14.5 Å². The van der Waals surface area contributed by atoms with Gasteiger partial charge in [-0.3, -0.25) is 9.69 Å². The molecule has 0 N–H and O–H groups in total. The first kappa shape index (κ1) is 26.4. The number of rotatable bonds is 9. The minimum absolute atomic E-state index is 0.0488. The highest BCUT2D eigenvalue weighted by atomic mass is 79.9. The second-order valence-electron chi connectivity index (χ2n) is 8.48. The molecule has 2 saturated heterocycles. The summed E-state index contributed by atoms with van der Waals surface area (Å²) in [4.78, 5) is 22.8. The summed E-state index contributed by atoms with van der Waals surface area (Å²) in [7, 11) is 0. The molecule has 2 aromatic rings. The molecular weight excluding hydrogens is 538 g/mol. The molecule has 0 atom stereocenters. The SMILES string of the molecule is C=CCOc1c(Br)cc(/C=C2\SC(=Nc3ccc(N4CCCCC4)cc3)N(CC)C2=O)cc1OCC. The zero-order chi connectivity index (χ0) is 25.5. The van der Waals surface area contributed by atoms with Crippen molar-refractivity contribution >= 4 is 56.2 Å². The summed E-state index contributed by atoms with van der Waals surface area (Å²) in [5.41, 5.74) is 2.92. The fourth-order valence-corrected chi connectivity index (χ4v) is 5.88. The van der Waals surface area contributed by atoms with Gasteiger partial charge in [0.05, 0.1) is 21.7 Å². The van der Waals surface area contributed by atoms with E-state index in [0.717, 1.165) is 28.8 Å². The minimum Gasteiger partial charge on any atom is -0.490 e. The van der Waals surface area contributed by atoms with Gasteiger partial charge in [-0.2, -0.15) is 0 Å². The van der Waals surface area contributed by atoms with Gasteiger partial charge in [-0.1, -0.05) is 12.7 Å². The number of piperidine rings is 1. The number of anilines is 1. The molecule has 2 aromatic carbocycles. The highest BCUT2D eigenvalue weighted by Crippen LogP contribution is 2.40. The normalized spacial score (nSPS) is 18.2. The van der Waals surface area contributed by atoms with E-state index in [1.807, 2.05) is 44.2 Å². The molecule has 2 fully saturated rings. The Balaban J connectivity index is 1.57. The maximum absolute atomic E-state index is 13.2. The molecule has 8 heteroatoms. The number of amidine groups is 1. The van der Waals surface area contributed by atoms with Crippen LogP contribution in [0.3, 0.4) is 0 Å². The Morgan fingerprint density at radius 1 is 1.11 bits per heavy atom. The Morgan fingerprint density at radius 3 is 2.53 bits per heavy atom. The number of benzene rings is 2. The first-order valence-electron chi connectivity index (χ1n) is 12.4. The number of carbonyl (C=O) groups is 1. The van der Waals surface area contributed by atoms with Gasteiger partial charge in [0.25, 0.3) is 5.91 Å². The fourth-order valence-electron chi connectivity index (χ4n) is 4.24. The second-order valence-corrected chi connectivity index (χ2v) is 10.3. The van der Waals surface area contributed by atoms with Gasteiger partial charge in [-0.25, -0.2) is 4.99 Å². The lowest BCUT2D eigenvalue weighted by atomic mass is 10.1. The Kier molecular flexibility index (Phi) is 9.15. The standard InChI is InChI=1S/C28H32BrN3O3S/c1-4-16-35-26-23(29)17-20(18-24(26)34-6-3)19-25-27(33)32(5-2)28(36-25)30-21-10-12-22(13-11-21)31-14-8-7-9-15-31/h4,10-13,17-19H,1,5-9,14-16H2,2-3H3/b25-19-,30-28?. The highest BCUT2D eigenvalue weighted by molar-refractivity contribution is 9.10. The molecule has 0 spiro atoms. The number of thioether (sulfide) groups is 1. The van der Waals surface area contributed by atoms with Crippen LogP contribution in [0, 0.1) is 0 Å². The van der Waals surface area contributed by atoms with Crippen LogP contribution in [0.15, 0.2) is 63.4 Å². The average molecular weight is 571 g/mol. The van der Waals surface area contributed by atoms with Gasteiger partial charge in [-0.15, -0.1) is 0 Å². The van der Waals surface area contributed by atoms with E-state index in [0.29, 0.717) is 41.3 Å². The third-order valence-electron chi connectivity index (χ3n) is 5.97. The zero-order valence-electron chi connectivity index (χ0n) is 20.8. The van der Waals surface area contributed by atoms with E-state index in [-0.39, 0.29) is 5.91 Å². The van der Waals surface area contributed by atoms with Crippen molar-refractivity contribution in [3.63, 3.8) is 0 Å². The Hall–Kier alpha value is -2.71. The van der Waals surface area contributed by atoms with Crippen molar-refractivity contribution in [2.24, 2.45) is 4.99 Å². The van der Waals surface area contributed by atoms with Crippen LogP contribution < -0.4 is 14.4 Å². The molecule has 1 amide bonds. The third-order valence-corrected chi connectivity index (χ3v) is 7.57. The van der Waals surface area contributed by atoms with Crippen LogP contribution in [0.25, 0.3) is 6.08 Å². The lowest BCUT2D eigenvalue weighted by Crippen LogP contribution is -2.29. The van der Waals surface area contributed by atoms with Gasteiger partial charge in [0.15, 0.2) is 16.7 Å². The fraction of sp³-hybridized carbons (Fsp3) is 0.357. The number of nitrogens with zero attached hydrogens (tertiary/aromatic N) is 3. The van der Waals surface area contributed by atoms with Crippen LogP contribution in [0.4, 0.5) is 11.4 Å². The van der Waals surface area contributed by atoms with Gasteiger partial charge in [0.1, 0.15) is 6.61 Å². The average Bonchev–Trinajstić information content (AvgIpc) is 3.18. The molecule has 0 aliphatic carbocycles. The molecule has 6 nitrogen and oxygen atoms in total. The number of hydrogen-bond donors (Lipinski definition) is 0. The van der Waals surface area contributed by atoms with Crippen molar-refractivity contribution in [2.75, 3.05) is 37.7 Å². The quantitative estimate of drug-likeness (QED) is 0.240. The molecule has 0 aromatic heterocycles. The largest absolute Gasteiger partial charge is 0.490 e. The van der Waals surface area contributed by atoms with Crippen LogP contribution in [0.1, 0.15) is 38.7 Å². The van der Waals surface area contributed by atoms with Crippen molar-refractivity contribution in [3.05, 3.63) is 64.0 Å². The maximum Gasteiger partial charge on any atom is 0.266 e. The molecule has 2 aliphatic rings. The summed E-state index contributed by atoms with van der Waals surface area (Å²) in [6.07, 6.45) is 7.37. The molecule has 0 bridgehead atoms. The summed E-state index contributed by atoms with van der Waals surface area (Å²) in [6, 6.07) is 12.1. The van der Waals surface area contributed by atoms with Gasteiger partial charge in [0, 0.05) is 25.3 Å². The third kappa shape index (κ3) is 6.16. The first-order valence-corrected chi connectivity index (χ1v) is 14.0. The van der Waals surface area contributed by atoms with Crippen LogP contribution in [0.2, 0.25) is 0 Å². The number of hydrogen-bond acceptors (Lipinski definition) is 6. The van der Waals surface area contributed by atoms with Crippen LogP contribution in [-0.4, -0.2) is 48.8 Å². The summed E-state index contributed by atoms with van der Waals surface area (Å²) in [5.74, 6) is 1.19. The number of carbonyl (C=O) groups excluding carboxylic acids is 1. The molecule has 4 rings (SSSR count). The van der Waals surface area contributed by atoms with Crippen molar-refractivity contribution < 1.29 is 14.3 Å². The van der Waals surface area contributed by atoms with Crippen molar-refractivity contribution in [2.45, 2.75) is 33.1 Å². The molecular formula is C28H32BrN3O3S. The number of ether oxygens (including phenoxy) is 2. The molecule has 0 radical (unpaired) electrons. The van der Waals surface area contributed by atoms with Crippen molar-refractivity contribution in [1.82, 2.24) is 4.90 Å². The second kappa shape index (κ2) is 12.5. The summed E-state index contributed by atoms with van der Waals surface area (Å²) < 4.78 is 12.3. The first-order chi connectivity index (χ1) is 17.5. The molecule has 2 aliphatic heterocycles. The lowest BCUT2D eigenvalue weighted by Gasteiger charge is -2.28. The van der Waals surface area contributed by atoms with E-state index in [2.05, 4.69) is 39.5 Å². The number of halogens is 1. The molecule has 36 heavy (non-hydrogen) atoms. The molecule has 0 unspecified atom stereocenters. The summed E-state index contributed by atoms with van der Waals surface area (Å²) in [5, 5.41) is 0.689. The predicted molar refractivity (Wildman–Crippen MR) is 154 cm³/mol. The minimum atomic E-state index is -0.0488. The summed E-state index contributed by atoms with van der Waals surface area (Å²) >= 11 is 4.97. The van der Waals surface area contributed by atoms with Crippen LogP contribution in [-0.2, 0) is 4.79 Å².